The van der Waals surface area contributed by atoms with Gasteiger partial charge in [-0.2, -0.15) is 4.31 Å². The highest BCUT2D eigenvalue weighted by Crippen LogP contribution is 2.27. The van der Waals surface area contributed by atoms with Crippen molar-refractivity contribution >= 4 is 15.9 Å². The summed E-state index contributed by atoms with van der Waals surface area (Å²) in [5, 5.41) is 0. The standard InChI is InChI=1S/C21H30N2O5S/c24-20(22-13-9-18(10-14-22)21-27-15-16-28-21)17-5-7-19(8-6-17)29(25,26)23-11-3-1-2-4-12-23/h5-8,18,21H,1-4,9-16H2. The highest BCUT2D eigenvalue weighted by atomic mass is 32.2. The summed E-state index contributed by atoms with van der Waals surface area (Å²) in [6, 6.07) is 6.42. The maximum absolute atomic E-state index is 12.9. The van der Waals surface area contributed by atoms with E-state index in [0.29, 0.717) is 50.9 Å². The molecule has 0 saturated carbocycles. The van der Waals surface area contributed by atoms with E-state index in [9.17, 15) is 13.2 Å². The molecule has 0 spiro atoms. The van der Waals surface area contributed by atoms with Crippen molar-refractivity contribution < 1.29 is 22.7 Å². The van der Waals surface area contributed by atoms with Gasteiger partial charge in [0.15, 0.2) is 6.29 Å². The Bertz CT molecular complexity index is 789. The van der Waals surface area contributed by atoms with Crippen LogP contribution < -0.4 is 0 Å². The van der Waals surface area contributed by atoms with E-state index >= 15 is 0 Å². The van der Waals surface area contributed by atoms with Gasteiger partial charge in [-0.3, -0.25) is 4.79 Å². The maximum Gasteiger partial charge on any atom is 0.253 e. The van der Waals surface area contributed by atoms with Gasteiger partial charge < -0.3 is 14.4 Å². The Kier molecular flexibility index (Phi) is 6.53. The van der Waals surface area contributed by atoms with Crippen molar-refractivity contribution in [2.45, 2.75) is 49.7 Å². The molecule has 3 heterocycles. The van der Waals surface area contributed by atoms with Crippen molar-refractivity contribution in [3.05, 3.63) is 29.8 Å². The Hall–Kier alpha value is -1.48. The molecule has 3 aliphatic heterocycles. The summed E-state index contributed by atoms with van der Waals surface area (Å²) < 4.78 is 38.5. The molecule has 0 N–H and O–H groups in total. The second-order valence-electron chi connectivity index (χ2n) is 8.08. The molecular weight excluding hydrogens is 392 g/mol. The van der Waals surface area contributed by atoms with Crippen LogP contribution in [0.5, 0.6) is 0 Å². The van der Waals surface area contributed by atoms with Crippen molar-refractivity contribution in [3.63, 3.8) is 0 Å². The number of rotatable bonds is 4. The quantitative estimate of drug-likeness (QED) is 0.745. The van der Waals surface area contributed by atoms with Crippen LogP contribution in [-0.2, 0) is 19.5 Å². The van der Waals surface area contributed by atoms with E-state index in [1.807, 2.05) is 4.90 Å². The van der Waals surface area contributed by atoms with E-state index in [1.54, 1.807) is 28.6 Å². The first-order chi connectivity index (χ1) is 14.1. The fourth-order valence-electron chi connectivity index (χ4n) is 4.41. The molecule has 1 aromatic rings. The number of ether oxygens (including phenoxy) is 2. The lowest BCUT2D eigenvalue weighted by molar-refractivity contribution is -0.0956. The summed E-state index contributed by atoms with van der Waals surface area (Å²) in [5.41, 5.74) is 0.534. The van der Waals surface area contributed by atoms with E-state index in [2.05, 4.69) is 0 Å². The number of nitrogens with zero attached hydrogens (tertiary/aromatic N) is 2. The highest BCUT2D eigenvalue weighted by Gasteiger charge is 2.32. The van der Waals surface area contributed by atoms with Crippen molar-refractivity contribution in [3.8, 4) is 0 Å². The fourth-order valence-corrected chi connectivity index (χ4v) is 5.92. The molecule has 4 rings (SSSR count). The van der Waals surface area contributed by atoms with Gasteiger partial charge in [-0.1, -0.05) is 12.8 Å². The van der Waals surface area contributed by atoms with Gasteiger partial charge in [-0.25, -0.2) is 8.42 Å². The third-order valence-corrected chi connectivity index (χ3v) is 8.08. The predicted octanol–water partition coefficient (Wildman–Crippen LogP) is 2.48. The highest BCUT2D eigenvalue weighted by molar-refractivity contribution is 7.89. The zero-order valence-electron chi connectivity index (χ0n) is 16.8. The van der Waals surface area contributed by atoms with Gasteiger partial charge in [-0.15, -0.1) is 0 Å². The Labute approximate surface area is 173 Å². The van der Waals surface area contributed by atoms with Crippen LogP contribution in [0.1, 0.15) is 48.9 Å². The summed E-state index contributed by atoms with van der Waals surface area (Å²) >= 11 is 0. The second-order valence-corrected chi connectivity index (χ2v) is 10.0. The maximum atomic E-state index is 12.9. The average Bonchev–Trinajstić information content (AvgIpc) is 3.15. The lowest BCUT2D eigenvalue weighted by Gasteiger charge is -2.34. The molecule has 0 aromatic heterocycles. The second kappa shape index (κ2) is 9.12. The SMILES string of the molecule is O=C(c1ccc(S(=O)(=O)N2CCCCCC2)cc1)N1CCC(C2OCCO2)CC1. The minimum absolute atomic E-state index is 0.0459. The summed E-state index contributed by atoms with van der Waals surface area (Å²) in [6.45, 7) is 3.78. The third kappa shape index (κ3) is 4.66. The summed E-state index contributed by atoms with van der Waals surface area (Å²) in [6.07, 6.45) is 5.56. The van der Waals surface area contributed by atoms with Crippen LogP contribution in [0, 0.1) is 5.92 Å². The lowest BCUT2D eigenvalue weighted by atomic mass is 9.95. The number of benzene rings is 1. The van der Waals surface area contributed by atoms with E-state index < -0.39 is 10.0 Å². The minimum atomic E-state index is -3.49. The molecular formula is C21H30N2O5S. The first-order valence-corrected chi connectivity index (χ1v) is 12.1. The van der Waals surface area contributed by atoms with Crippen LogP contribution >= 0.6 is 0 Å². The van der Waals surface area contributed by atoms with E-state index in [4.69, 9.17) is 9.47 Å². The molecule has 3 saturated heterocycles. The first kappa shape index (κ1) is 20.8. The average molecular weight is 423 g/mol. The van der Waals surface area contributed by atoms with Gasteiger partial charge in [0.1, 0.15) is 0 Å². The molecule has 0 bridgehead atoms. The molecule has 0 aliphatic carbocycles. The van der Waals surface area contributed by atoms with Crippen molar-refractivity contribution in [2.24, 2.45) is 5.92 Å². The van der Waals surface area contributed by atoms with E-state index in [0.717, 1.165) is 38.5 Å². The molecule has 29 heavy (non-hydrogen) atoms. The molecule has 1 aromatic carbocycles. The van der Waals surface area contributed by atoms with E-state index in [-0.39, 0.29) is 17.1 Å². The molecule has 1 amide bonds. The van der Waals surface area contributed by atoms with Gasteiger partial charge in [0.25, 0.3) is 5.91 Å². The van der Waals surface area contributed by atoms with Gasteiger partial charge in [0, 0.05) is 37.7 Å². The Morgan fingerprint density at radius 3 is 2.03 bits per heavy atom. The minimum Gasteiger partial charge on any atom is -0.350 e. The van der Waals surface area contributed by atoms with Crippen LogP contribution in [-0.4, -0.2) is 69.2 Å². The molecule has 7 nitrogen and oxygen atoms in total. The lowest BCUT2D eigenvalue weighted by Crippen LogP contribution is -2.41. The predicted molar refractivity (Wildman–Crippen MR) is 108 cm³/mol. The Balaban J connectivity index is 1.38. The zero-order chi connectivity index (χ0) is 20.3. The molecule has 3 fully saturated rings. The van der Waals surface area contributed by atoms with Gasteiger partial charge in [0.2, 0.25) is 10.0 Å². The van der Waals surface area contributed by atoms with Gasteiger partial charge in [0.05, 0.1) is 18.1 Å². The van der Waals surface area contributed by atoms with Gasteiger partial charge in [-0.05, 0) is 49.9 Å². The Morgan fingerprint density at radius 1 is 0.862 bits per heavy atom. The van der Waals surface area contributed by atoms with Gasteiger partial charge >= 0.3 is 0 Å². The van der Waals surface area contributed by atoms with Crippen LogP contribution in [0.25, 0.3) is 0 Å². The molecule has 160 valence electrons. The number of likely N-dealkylation sites (tertiary alicyclic amines) is 1. The number of sulfonamides is 1. The molecule has 3 aliphatic rings. The first-order valence-electron chi connectivity index (χ1n) is 10.7. The summed E-state index contributed by atoms with van der Waals surface area (Å²) in [5.74, 6) is 0.290. The Morgan fingerprint density at radius 2 is 1.45 bits per heavy atom. The van der Waals surface area contributed by atoms with Crippen LogP contribution in [0.15, 0.2) is 29.2 Å². The number of hydrogen-bond donors (Lipinski definition) is 0. The molecule has 0 radical (unpaired) electrons. The number of carbonyl (C=O) groups is 1. The molecule has 0 atom stereocenters. The van der Waals surface area contributed by atoms with Crippen molar-refractivity contribution in [2.75, 3.05) is 39.4 Å². The number of amides is 1. The number of hydrogen-bond acceptors (Lipinski definition) is 5. The van der Waals surface area contributed by atoms with Crippen LogP contribution in [0.4, 0.5) is 0 Å². The third-order valence-electron chi connectivity index (χ3n) is 6.16. The van der Waals surface area contributed by atoms with Crippen molar-refractivity contribution in [1.82, 2.24) is 9.21 Å². The summed E-state index contributed by atoms with van der Waals surface area (Å²) in [4.78, 5) is 14.9. The normalized spacial score (nSPS) is 23.2. The van der Waals surface area contributed by atoms with Crippen LogP contribution in [0.2, 0.25) is 0 Å². The zero-order valence-corrected chi connectivity index (χ0v) is 17.6. The largest absolute Gasteiger partial charge is 0.350 e. The number of piperidine rings is 1. The van der Waals surface area contributed by atoms with Crippen LogP contribution in [0.3, 0.4) is 0 Å². The van der Waals surface area contributed by atoms with E-state index in [1.165, 1.54) is 0 Å². The smallest absolute Gasteiger partial charge is 0.253 e. The van der Waals surface area contributed by atoms with Crippen molar-refractivity contribution in [1.29, 1.82) is 0 Å². The fraction of sp³-hybridized carbons (Fsp3) is 0.667. The summed E-state index contributed by atoms with van der Waals surface area (Å²) in [7, 11) is -3.49. The topological polar surface area (TPSA) is 76.2 Å². The molecule has 8 heteroatoms. The molecule has 0 unspecified atom stereocenters. The monoisotopic (exact) mass is 422 g/mol. The number of carbonyl (C=O) groups excluding carboxylic acids is 1.